The summed E-state index contributed by atoms with van der Waals surface area (Å²) in [6.45, 7) is 2.07. The summed E-state index contributed by atoms with van der Waals surface area (Å²) in [5, 5.41) is 8.61. The van der Waals surface area contributed by atoms with Gasteiger partial charge < -0.3 is 14.3 Å². The lowest BCUT2D eigenvalue weighted by Crippen LogP contribution is -2.36. The summed E-state index contributed by atoms with van der Waals surface area (Å²) in [5.74, 6) is 1.76. The molecule has 0 bridgehead atoms. The molecule has 0 saturated heterocycles. The van der Waals surface area contributed by atoms with Gasteiger partial charge in [-0.05, 0) is 37.1 Å². The van der Waals surface area contributed by atoms with Gasteiger partial charge in [0.1, 0.15) is 5.82 Å². The SMILES string of the molecule is CC1Cc2ccccc2N1C(=O)CSc1nnc(CCc2nc3ccccc3[nH]2)o1. The summed E-state index contributed by atoms with van der Waals surface area (Å²) in [6, 6.07) is 16.2. The second kappa shape index (κ2) is 7.95. The van der Waals surface area contributed by atoms with Crippen molar-refractivity contribution in [3.63, 3.8) is 0 Å². The van der Waals surface area contributed by atoms with Gasteiger partial charge in [-0.25, -0.2) is 4.98 Å². The molecule has 0 fully saturated rings. The fourth-order valence-corrected chi connectivity index (χ4v) is 4.53. The molecule has 4 aromatic rings. The predicted octanol–water partition coefficient (Wildman–Crippen LogP) is 3.80. The zero-order valence-electron chi connectivity index (χ0n) is 16.5. The molecule has 5 rings (SSSR count). The normalized spacial score (nSPS) is 15.6. The van der Waals surface area contributed by atoms with E-state index in [2.05, 4.69) is 33.2 Å². The zero-order chi connectivity index (χ0) is 20.5. The maximum Gasteiger partial charge on any atom is 0.277 e. The van der Waals surface area contributed by atoms with Crippen LogP contribution in [0.1, 0.15) is 24.2 Å². The van der Waals surface area contributed by atoms with Gasteiger partial charge in [0.05, 0.1) is 16.8 Å². The third kappa shape index (κ3) is 3.70. The summed E-state index contributed by atoms with van der Waals surface area (Å²) in [5.41, 5.74) is 4.19. The lowest BCUT2D eigenvalue weighted by molar-refractivity contribution is -0.116. The molecule has 0 aliphatic carbocycles. The summed E-state index contributed by atoms with van der Waals surface area (Å²) < 4.78 is 5.72. The van der Waals surface area contributed by atoms with E-state index in [1.54, 1.807) is 0 Å². The van der Waals surface area contributed by atoms with E-state index < -0.39 is 0 Å². The number of carbonyl (C=O) groups is 1. The number of aryl methyl sites for hydroxylation is 2. The van der Waals surface area contributed by atoms with Crippen LogP contribution in [0.25, 0.3) is 11.0 Å². The lowest BCUT2D eigenvalue weighted by Gasteiger charge is -2.22. The number of nitrogens with one attached hydrogen (secondary N) is 1. The van der Waals surface area contributed by atoms with Crippen LogP contribution in [0.4, 0.5) is 5.69 Å². The number of rotatable bonds is 6. The van der Waals surface area contributed by atoms with Gasteiger partial charge >= 0.3 is 0 Å². The maximum absolute atomic E-state index is 12.8. The van der Waals surface area contributed by atoms with Crippen LogP contribution >= 0.6 is 11.8 Å². The Labute approximate surface area is 177 Å². The Kier molecular flexibility index (Phi) is 5.00. The minimum atomic E-state index is 0.0551. The van der Waals surface area contributed by atoms with Gasteiger partial charge in [-0.15, -0.1) is 10.2 Å². The number of aromatic amines is 1. The van der Waals surface area contributed by atoms with Crippen LogP contribution in [0, 0.1) is 0 Å². The van der Waals surface area contributed by atoms with Crippen molar-refractivity contribution in [3.05, 3.63) is 65.8 Å². The van der Waals surface area contributed by atoms with Crippen molar-refractivity contribution in [3.8, 4) is 0 Å². The number of anilines is 1. The summed E-state index contributed by atoms with van der Waals surface area (Å²) >= 11 is 1.28. The number of nitrogens with zero attached hydrogens (tertiary/aromatic N) is 4. The van der Waals surface area contributed by atoms with E-state index in [0.717, 1.165) is 29.0 Å². The quantitative estimate of drug-likeness (QED) is 0.478. The molecule has 1 amide bonds. The van der Waals surface area contributed by atoms with Crippen molar-refractivity contribution < 1.29 is 9.21 Å². The largest absolute Gasteiger partial charge is 0.416 e. The Bertz CT molecular complexity index is 1170. The van der Waals surface area contributed by atoms with E-state index in [-0.39, 0.29) is 17.7 Å². The average Bonchev–Trinajstić information content (AvgIpc) is 3.46. The number of hydrogen-bond donors (Lipinski definition) is 1. The number of hydrogen-bond acceptors (Lipinski definition) is 6. The third-order valence-corrected chi connectivity index (χ3v) is 6.06. The van der Waals surface area contributed by atoms with E-state index in [0.29, 0.717) is 24.0 Å². The third-order valence-electron chi connectivity index (χ3n) is 5.26. The molecule has 1 aliphatic heterocycles. The Balaban J connectivity index is 1.18. The molecule has 3 heterocycles. The molecule has 8 heteroatoms. The van der Waals surface area contributed by atoms with Crippen LogP contribution in [0.15, 0.2) is 58.2 Å². The van der Waals surface area contributed by atoms with Gasteiger partial charge in [0.2, 0.25) is 11.8 Å². The van der Waals surface area contributed by atoms with Crippen molar-refractivity contribution >= 4 is 34.4 Å². The number of para-hydroxylation sites is 3. The molecule has 2 aromatic carbocycles. The lowest BCUT2D eigenvalue weighted by atomic mass is 10.1. The second-order valence-electron chi connectivity index (χ2n) is 7.40. The number of imidazole rings is 1. The topological polar surface area (TPSA) is 87.9 Å². The smallest absolute Gasteiger partial charge is 0.277 e. The van der Waals surface area contributed by atoms with Gasteiger partial charge in [-0.1, -0.05) is 42.1 Å². The van der Waals surface area contributed by atoms with Crippen LogP contribution in [0.5, 0.6) is 0 Å². The molecule has 0 radical (unpaired) electrons. The first-order valence-electron chi connectivity index (χ1n) is 9.96. The monoisotopic (exact) mass is 419 g/mol. The molecule has 2 aromatic heterocycles. The van der Waals surface area contributed by atoms with Gasteiger partial charge in [-0.3, -0.25) is 4.79 Å². The molecule has 30 heavy (non-hydrogen) atoms. The van der Waals surface area contributed by atoms with E-state index in [9.17, 15) is 4.79 Å². The number of thioether (sulfide) groups is 1. The minimum absolute atomic E-state index is 0.0551. The molecule has 0 spiro atoms. The van der Waals surface area contributed by atoms with E-state index in [4.69, 9.17) is 4.42 Å². The first-order chi connectivity index (χ1) is 14.7. The van der Waals surface area contributed by atoms with Gasteiger partial charge in [0.25, 0.3) is 5.22 Å². The van der Waals surface area contributed by atoms with E-state index >= 15 is 0 Å². The molecular weight excluding hydrogens is 398 g/mol. The van der Waals surface area contributed by atoms with Crippen LogP contribution in [0.2, 0.25) is 0 Å². The highest BCUT2D eigenvalue weighted by Gasteiger charge is 2.30. The fraction of sp³-hybridized carbons (Fsp3) is 0.273. The summed E-state index contributed by atoms with van der Waals surface area (Å²) in [6.07, 6.45) is 2.17. The Morgan fingerprint density at radius 3 is 2.90 bits per heavy atom. The number of carbonyl (C=O) groups excluding carboxylic acids is 1. The number of aromatic nitrogens is 4. The van der Waals surface area contributed by atoms with Gasteiger partial charge in [-0.2, -0.15) is 0 Å². The predicted molar refractivity (Wildman–Crippen MR) is 116 cm³/mol. The van der Waals surface area contributed by atoms with Crippen molar-refractivity contribution in [2.24, 2.45) is 0 Å². The first kappa shape index (κ1) is 18.9. The van der Waals surface area contributed by atoms with Gasteiger partial charge in [0.15, 0.2) is 0 Å². The Morgan fingerprint density at radius 2 is 2.00 bits per heavy atom. The number of amides is 1. The highest BCUT2D eigenvalue weighted by Crippen LogP contribution is 2.32. The summed E-state index contributed by atoms with van der Waals surface area (Å²) in [7, 11) is 0. The molecule has 1 atom stereocenters. The average molecular weight is 420 g/mol. The highest BCUT2D eigenvalue weighted by atomic mass is 32.2. The Morgan fingerprint density at radius 1 is 1.17 bits per heavy atom. The zero-order valence-corrected chi connectivity index (χ0v) is 17.4. The van der Waals surface area contributed by atoms with Crippen molar-refractivity contribution in [1.29, 1.82) is 0 Å². The number of H-pyrrole nitrogens is 1. The molecule has 1 unspecified atom stereocenters. The van der Waals surface area contributed by atoms with Crippen molar-refractivity contribution in [2.75, 3.05) is 10.7 Å². The minimum Gasteiger partial charge on any atom is -0.416 e. The molecule has 7 nitrogen and oxygen atoms in total. The molecular formula is C22H21N5O2S. The first-order valence-corrected chi connectivity index (χ1v) is 10.9. The van der Waals surface area contributed by atoms with Crippen molar-refractivity contribution in [2.45, 2.75) is 37.5 Å². The number of fused-ring (bicyclic) bond motifs is 2. The second-order valence-corrected chi connectivity index (χ2v) is 8.32. The molecule has 1 aliphatic rings. The van der Waals surface area contributed by atoms with Crippen molar-refractivity contribution in [1.82, 2.24) is 20.2 Å². The summed E-state index contributed by atoms with van der Waals surface area (Å²) in [4.78, 5) is 22.5. The fourth-order valence-electron chi connectivity index (χ4n) is 3.89. The van der Waals surface area contributed by atoms with E-state index in [1.165, 1.54) is 17.3 Å². The molecule has 152 valence electrons. The van der Waals surface area contributed by atoms with Gasteiger partial charge in [0, 0.05) is 24.6 Å². The molecule has 1 N–H and O–H groups in total. The van der Waals surface area contributed by atoms with Crippen LogP contribution < -0.4 is 4.90 Å². The maximum atomic E-state index is 12.8. The number of benzene rings is 2. The van der Waals surface area contributed by atoms with Crippen LogP contribution in [0.3, 0.4) is 0 Å². The van der Waals surface area contributed by atoms with E-state index in [1.807, 2.05) is 47.4 Å². The highest BCUT2D eigenvalue weighted by molar-refractivity contribution is 7.99. The Hall–Kier alpha value is -3.13. The van der Waals surface area contributed by atoms with Crippen LogP contribution in [-0.4, -0.2) is 37.9 Å². The van der Waals surface area contributed by atoms with Crippen LogP contribution in [-0.2, 0) is 24.1 Å². The molecule has 0 saturated carbocycles. The standard InChI is InChI=1S/C22H21N5O2S/c1-14-12-15-6-2-5-9-18(15)27(14)21(28)13-30-22-26-25-20(29-22)11-10-19-23-16-7-3-4-8-17(16)24-19/h2-9,14H,10-13H2,1H3,(H,23,24).